The Morgan fingerprint density at radius 2 is 1.61 bits per heavy atom. The van der Waals surface area contributed by atoms with Crippen molar-refractivity contribution in [3.8, 4) is 0 Å². The molecule has 1 atom stereocenters. The van der Waals surface area contributed by atoms with E-state index >= 15 is 0 Å². The Hall–Kier alpha value is -1.95. The fourth-order valence-electron chi connectivity index (χ4n) is 3.43. The number of rotatable bonds is 2. The highest BCUT2D eigenvalue weighted by atomic mass is 32.2. The summed E-state index contributed by atoms with van der Waals surface area (Å²) in [7, 11) is -6.14. The van der Waals surface area contributed by atoms with Crippen molar-refractivity contribution in [3.63, 3.8) is 0 Å². The predicted molar refractivity (Wildman–Crippen MR) is 103 cm³/mol. The molecular weight excluding hydrogens is 408 g/mol. The van der Waals surface area contributed by atoms with Gasteiger partial charge < -0.3 is 0 Å². The van der Waals surface area contributed by atoms with Gasteiger partial charge in [-0.05, 0) is 27.7 Å². The average Bonchev–Trinajstić information content (AvgIpc) is 3.20. The van der Waals surface area contributed by atoms with Gasteiger partial charge in [0.2, 0.25) is 0 Å². The average molecular weight is 433 g/mol. The summed E-state index contributed by atoms with van der Waals surface area (Å²) in [6, 6.07) is 0.0408. The molecule has 0 aromatic carbocycles. The SMILES string of the molecule is CC(C)N1N=C2CS(=O)(=O)CC2C1=O.CC(C)n1[nH]c2c(c1=O)CS(=O)(=O)C2. The zero-order valence-corrected chi connectivity index (χ0v) is 17.8. The maximum atomic E-state index is 11.7. The van der Waals surface area contributed by atoms with Gasteiger partial charge in [0.05, 0.1) is 45.9 Å². The molecule has 1 amide bonds. The van der Waals surface area contributed by atoms with Gasteiger partial charge in [-0.3, -0.25) is 19.4 Å². The van der Waals surface area contributed by atoms with Crippen LogP contribution in [0.15, 0.2) is 9.90 Å². The lowest BCUT2D eigenvalue weighted by Crippen LogP contribution is -2.33. The van der Waals surface area contributed by atoms with E-state index in [1.54, 1.807) is 0 Å². The minimum Gasteiger partial charge on any atom is -0.298 e. The maximum Gasteiger partial charge on any atom is 0.271 e. The van der Waals surface area contributed by atoms with Crippen LogP contribution in [-0.2, 0) is 36.0 Å². The Bertz CT molecular complexity index is 1110. The van der Waals surface area contributed by atoms with E-state index in [1.165, 1.54) is 9.69 Å². The molecule has 1 N–H and O–H groups in total. The molecule has 1 aromatic rings. The van der Waals surface area contributed by atoms with Crippen molar-refractivity contribution in [1.29, 1.82) is 0 Å². The zero-order valence-electron chi connectivity index (χ0n) is 16.2. The van der Waals surface area contributed by atoms with Gasteiger partial charge in [0.25, 0.3) is 11.5 Å². The van der Waals surface area contributed by atoms with E-state index in [4.69, 9.17) is 0 Å². The highest BCUT2D eigenvalue weighted by Crippen LogP contribution is 2.26. The number of fused-ring (bicyclic) bond motifs is 2. The van der Waals surface area contributed by atoms with Crippen LogP contribution >= 0.6 is 0 Å². The van der Waals surface area contributed by atoms with E-state index in [2.05, 4.69) is 10.2 Å². The van der Waals surface area contributed by atoms with Crippen LogP contribution in [0.1, 0.15) is 45.0 Å². The first-order chi connectivity index (χ1) is 12.8. The van der Waals surface area contributed by atoms with Crippen molar-refractivity contribution in [1.82, 2.24) is 14.8 Å². The molecule has 1 saturated heterocycles. The number of amides is 1. The molecular formula is C16H24N4O6S2. The number of carbonyl (C=O) groups is 1. The van der Waals surface area contributed by atoms with E-state index in [-0.39, 0.29) is 46.6 Å². The standard InChI is InChI=1S/2C8H12N2O3S/c2*1-5(2)10-8(11)6-3-14(12,13)4-7(6)9-10/h5,9H,3-4H2,1-2H3;5-6H,3-4H2,1-2H3. The molecule has 28 heavy (non-hydrogen) atoms. The molecule has 0 spiro atoms. The van der Waals surface area contributed by atoms with Crippen molar-refractivity contribution in [2.75, 3.05) is 11.5 Å². The minimum absolute atomic E-state index is 0.00306. The first kappa shape index (κ1) is 20.8. The molecule has 0 saturated carbocycles. The third kappa shape index (κ3) is 3.79. The van der Waals surface area contributed by atoms with Gasteiger partial charge in [-0.2, -0.15) is 5.10 Å². The zero-order chi connectivity index (χ0) is 21.0. The quantitative estimate of drug-likeness (QED) is 0.688. The van der Waals surface area contributed by atoms with Crippen LogP contribution in [0.4, 0.5) is 0 Å². The van der Waals surface area contributed by atoms with Crippen molar-refractivity contribution in [3.05, 3.63) is 21.6 Å². The number of carbonyl (C=O) groups excluding carboxylic acids is 1. The van der Waals surface area contributed by atoms with Crippen LogP contribution in [0.5, 0.6) is 0 Å². The summed E-state index contributed by atoms with van der Waals surface area (Å²) in [5.74, 6) is -0.923. The molecule has 4 rings (SSSR count). The summed E-state index contributed by atoms with van der Waals surface area (Å²) in [6.45, 7) is 7.47. The summed E-state index contributed by atoms with van der Waals surface area (Å²) in [6.07, 6.45) is 0. The normalized spacial score (nSPS) is 24.2. The van der Waals surface area contributed by atoms with Gasteiger partial charge in [-0.15, -0.1) is 0 Å². The van der Waals surface area contributed by atoms with Gasteiger partial charge >= 0.3 is 0 Å². The van der Waals surface area contributed by atoms with Gasteiger partial charge in [0.1, 0.15) is 0 Å². The van der Waals surface area contributed by atoms with Crippen molar-refractivity contribution >= 4 is 31.3 Å². The van der Waals surface area contributed by atoms with Crippen molar-refractivity contribution < 1.29 is 21.6 Å². The predicted octanol–water partition coefficient (Wildman–Crippen LogP) is -0.177. The molecule has 3 aliphatic rings. The topological polar surface area (TPSA) is 139 Å². The monoisotopic (exact) mass is 432 g/mol. The van der Waals surface area contributed by atoms with Gasteiger partial charge in [0, 0.05) is 12.1 Å². The van der Waals surface area contributed by atoms with Crippen molar-refractivity contribution in [2.45, 2.75) is 51.3 Å². The highest BCUT2D eigenvalue weighted by molar-refractivity contribution is 7.92. The van der Waals surface area contributed by atoms with E-state index in [0.717, 1.165) is 0 Å². The van der Waals surface area contributed by atoms with Crippen LogP contribution in [0.3, 0.4) is 0 Å². The Kier molecular flexibility index (Phi) is 5.07. The third-order valence-corrected chi connectivity index (χ3v) is 7.82. The van der Waals surface area contributed by atoms with E-state index in [9.17, 15) is 26.4 Å². The highest BCUT2D eigenvalue weighted by Gasteiger charge is 2.46. The molecule has 1 fully saturated rings. The summed E-state index contributed by atoms with van der Waals surface area (Å²) in [4.78, 5) is 23.3. The van der Waals surface area contributed by atoms with Crippen LogP contribution in [0, 0.1) is 5.92 Å². The van der Waals surface area contributed by atoms with Crippen LogP contribution in [-0.4, -0.2) is 60.8 Å². The molecule has 10 nitrogen and oxygen atoms in total. The fraction of sp³-hybridized carbons (Fsp3) is 0.688. The second-order valence-corrected chi connectivity index (χ2v) is 12.0. The smallest absolute Gasteiger partial charge is 0.271 e. The Morgan fingerprint density at radius 3 is 2.11 bits per heavy atom. The van der Waals surface area contributed by atoms with Crippen LogP contribution in [0.2, 0.25) is 0 Å². The van der Waals surface area contributed by atoms with Gasteiger partial charge in [0.15, 0.2) is 19.7 Å². The summed E-state index contributed by atoms with van der Waals surface area (Å²) >= 11 is 0. The van der Waals surface area contributed by atoms with E-state index in [0.29, 0.717) is 17.0 Å². The molecule has 3 aliphatic heterocycles. The third-order valence-electron chi connectivity index (χ3n) is 4.78. The lowest BCUT2D eigenvalue weighted by molar-refractivity contribution is -0.132. The number of hydrazone groups is 1. The maximum absolute atomic E-state index is 11.7. The molecule has 1 aromatic heterocycles. The first-order valence-corrected chi connectivity index (χ1v) is 12.6. The lowest BCUT2D eigenvalue weighted by atomic mass is 10.1. The number of nitrogens with zero attached hydrogens (tertiary/aromatic N) is 3. The molecule has 1 unspecified atom stereocenters. The molecule has 0 bridgehead atoms. The van der Waals surface area contributed by atoms with Crippen LogP contribution in [0.25, 0.3) is 0 Å². The fourth-order valence-corrected chi connectivity index (χ4v) is 6.61. The second kappa shape index (κ2) is 6.83. The Labute approximate surface area is 163 Å². The largest absolute Gasteiger partial charge is 0.298 e. The number of nitrogens with one attached hydrogen (secondary N) is 1. The summed E-state index contributed by atoms with van der Waals surface area (Å²) in [5, 5.41) is 8.27. The second-order valence-electron chi connectivity index (χ2n) is 7.85. The lowest BCUT2D eigenvalue weighted by Gasteiger charge is -2.17. The number of aromatic amines is 1. The molecule has 0 radical (unpaired) electrons. The van der Waals surface area contributed by atoms with Crippen molar-refractivity contribution in [2.24, 2.45) is 11.0 Å². The summed E-state index contributed by atoms with van der Waals surface area (Å²) in [5.41, 5.74) is 1.29. The molecule has 4 heterocycles. The number of sulfone groups is 2. The number of aromatic nitrogens is 2. The summed E-state index contributed by atoms with van der Waals surface area (Å²) < 4.78 is 46.3. The molecule has 12 heteroatoms. The minimum atomic E-state index is -3.07. The first-order valence-electron chi connectivity index (χ1n) is 8.95. The van der Waals surface area contributed by atoms with E-state index in [1.807, 2.05) is 27.7 Å². The number of H-pyrrole nitrogens is 1. The van der Waals surface area contributed by atoms with Gasteiger partial charge in [-0.25, -0.2) is 21.8 Å². The Morgan fingerprint density at radius 1 is 0.964 bits per heavy atom. The number of hydrogen-bond donors (Lipinski definition) is 1. The molecule has 156 valence electrons. The Balaban J connectivity index is 0.000000161. The molecule has 0 aliphatic carbocycles. The van der Waals surface area contributed by atoms with Gasteiger partial charge in [-0.1, -0.05) is 0 Å². The number of hydrogen-bond acceptors (Lipinski definition) is 7. The van der Waals surface area contributed by atoms with E-state index < -0.39 is 25.6 Å². The van der Waals surface area contributed by atoms with Crippen LogP contribution < -0.4 is 5.56 Å².